The van der Waals surface area contributed by atoms with Crippen molar-refractivity contribution < 1.29 is 18.3 Å². The summed E-state index contributed by atoms with van der Waals surface area (Å²) in [5.41, 5.74) is 0. The quantitative estimate of drug-likeness (QED) is 0.449. The minimum Gasteiger partial charge on any atom is -0.358 e. The maximum absolute atomic E-state index is 10.8. The molecule has 0 aromatic rings. The molecule has 0 saturated carbocycles. The Hall–Kier alpha value is 0.110. The first-order valence-electron chi connectivity index (χ1n) is 2.39. The van der Waals surface area contributed by atoms with Gasteiger partial charge in [0.05, 0.1) is 0 Å². The fourth-order valence-electron chi connectivity index (χ4n) is 0.201. The third-order valence-corrected chi connectivity index (χ3v) is 1.97. The molecule has 0 saturated heterocycles. The fraction of sp³-hybridized carbons (Fsp3) is 1.00. The van der Waals surface area contributed by atoms with E-state index in [2.05, 4.69) is 13.8 Å². The van der Waals surface area contributed by atoms with Crippen LogP contribution in [0.2, 0.25) is 0 Å². The summed E-state index contributed by atoms with van der Waals surface area (Å²) in [4.78, 5) is 0. The predicted molar refractivity (Wildman–Crippen MR) is 33.5 cm³/mol. The van der Waals surface area contributed by atoms with Crippen molar-refractivity contribution in [3.8, 4) is 0 Å². The second-order valence-corrected chi connectivity index (χ2v) is 3.66. The van der Waals surface area contributed by atoms with Gasteiger partial charge in [0.25, 0.3) is 0 Å². The Morgan fingerprint density at radius 1 is 1.44 bits per heavy atom. The van der Waals surface area contributed by atoms with Gasteiger partial charge in [0.1, 0.15) is 0 Å². The van der Waals surface area contributed by atoms with Crippen LogP contribution in [0.3, 0.4) is 0 Å². The molecule has 0 aromatic heterocycles. The van der Waals surface area contributed by atoms with E-state index in [-0.39, 0.29) is 6.79 Å². The first-order chi connectivity index (χ1) is 4.12. The van der Waals surface area contributed by atoms with Crippen LogP contribution >= 0.6 is 7.60 Å². The van der Waals surface area contributed by atoms with E-state index in [1.807, 2.05) is 0 Å². The molecule has 0 radical (unpaired) electrons. The maximum Gasteiger partial charge on any atom is 0.329 e. The summed E-state index contributed by atoms with van der Waals surface area (Å²) in [6, 6.07) is 0. The largest absolute Gasteiger partial charge is 0.358 e. The first-order valence-corrected chi connectivity index (χ1v) is 4.38. The summed E-state index contributed by atoms with van der Waals surface area (Å²) < 4.78 is 24.5. The van der Waals surface area contributed by atoms with Crippen LogP contribution < -0.4 is 0 Å². The lowest BCUT2D eigenvalue weighted by atomic mass is 11.4. The molecular formula is C4H11O4P. The molecule has 0 N–H and O–H groups in total. The molecule has 0 spiro atoms. The standard InChI is InChI=1S/C4H11O4P/c1-6-4-8-9(3,5)7-2/h4H2,1-3H3. The van der Waals surface area contributed by atoms with Gasteiger partial charge in [-0.25, -0.2) is 0 Å². The smallest absolute Gasteiger partial charge is 0.329 e. The van der Waals surface area contributed by atoms with Crippen molar-refractivity contribution in [1.29, 1.82) is 0 Å². The number of hydrogen-bond acceptors (Lipinski definition) is 4. The van der Waals surface area contributed by atoms with Gasteiger partial charge >= 0.3 is 7.60 Å². The monoisotopic (exact) mass is 154 g/mol. The second kappa shape index (κ2) is 4.01. The highest BCUT2D eigenvalue weighted by Crippen LogP contribution is 2.42. The zero-order chi connectivity index (χ0) is 7.33. The zero-order valence-electron chi connectivity index (χ0n) is 5.79. The fourth-order valence-corrected chi connectivity index (χ4v) is 0.603. The molecule has 4 nitrogen and oxygen atoms in total. The van der Waals surface area contributed by atoms with Gasteiger partial charge in [-0.1, -0.05) is 0 Å². The maximum atomic E-state index is 10.8. The van der Waals surface area contributed by atoms with E-state index < -0.39 is 7.60 Å². The van der Waals surface area contributed by atoms with Gasteiger partial charge in [-0.3, -0.25) is 9.09 Å². The van der Waals surface area contributed by atoms with Crippen LogP contribution in [0.1, 0.15) is 0 Å². The Kier molecular flexibility index (Phi) is 4.06. The first kappa shape index (κ1) is 9.11. The molecule has 0 bridgehead atoms. The van der Waals surface area contributed by atoms with Gasteiger partial charge in [-0.2, -0.15) is 0 Å². The van der Waals surface area contributed by atoms with Gasteiger partial charge < -0.3 is 9.26 Å². The van der Waals surface area contributed by atoms with E-state index in [9.17, 15) is 4.57 Å². The number of methoxy groups -OCH3 is 1. The lowest BCUT2D eigenvalue weighted by molar-refractivity contribution is 0.0411. The summed E-state index contributed by atoms with van der Waals surface area (Å²) in [7, 11) is -0.0311. The van der Waals surface area contributed by atoms with Crippen LogP contribution in [0.5, 0.6) is 0 Å². The van der Waals surface area contributed by atoms with E-state index in [1.54, 1.807) is 0 Å². The Labute approximate surface area is 54.6 Å². The molecule has 0 aromatic carbocycles. The van der Waals surface area contributed by atoms with Crippen LogP contribution in [-0.2, 0) is 18.3 Å². The molecule has 0 aliphatic heterocycles. The molecule has 56 valence electrons. The molecule has 1 unspecified atom stereocenters. The summed E-state index contributed by atoms with van der Waals surface area (Å²) in [6.45, 7) is 1.38. The van der Waals surface area contributed by atoms with Crippen molar-refractivity contribution in [3.05, 3.63) is 0 Å². The van der Waals surface area contributed by atoms with Gasteiger partial charge in [0.2, 0.25) is 0 Å². The highest BCUT2D eigenvalue weighted by molar-refractivity contribution is 7.52. The Morgan fingerprint density at radius 2 is 2.00 bits per heavy atom. The van der Waals surface area contributed by atoms with E-state index in [1.165, 1.54) is 20.9 Å². The van der Waals surface area contributed by atoms with E-state index in [4.69, 9.17) is 0 Å². The summed E-state index contributed by atoms with van der Waals surface area (Å²) in [5, 5.41) is 0. The number of hydrogen-bond donors (Lipinski definition) is 0. The van der Waals surface area contributed by atoms with Crippen LogP contribution in [0.4, 0.5) is 0 Å². The number of rotatable bonds is 4. The Bertz CT molecular complexity index is 113. The molecular weight excluding hydrogens is 143 g/mol. The van der Waals surface area contributed by atoms with Crippen molar-refractivity contribution in [1.82, 2.24) is 0 Å². The lowest BCUT2D eigenvalue weighted by Gasteiger charge is -2.08. The van der Waals surface area contributed by atoms with Gasteiger partial charge in [0.15, 0.2) is 6.79 Å². The molecule has 0 fully saturated rings. The van der Waals surface area contributed by atoms with Crippen molar-refractivity contribution in [2.45, 2.75) is 0 Å². The van der Waals surface area contributed by atoms with Crippen LogP contribution in [0.25, 0.3) is 0 Å². The van der Waals surface area contributed by atoms with Crippen molar-refractivity contribution in [3.63, 3.8) is 0 Å². The average molecular weight is 154 g/mol. The molecule has 0 heterocycles. The summed E-state index contributed by atoms with van der Waals surface area (Å²) >= 11 is 0. The van der Waals surface area contributed by atoms with Crippen molar-refractivity contribution >= 4 is 7.60 Å². The van der Waals surface area contributed by atoms with Crippen LogP contribution in [0.15, 0.2) is 0 Å². The van der Waals surface area contributed by atoms with Crippen molar-refractivity contribution in [2.24, 2.45) is 0 Å². The van der Waals surface area contributed by atoms with E-state index in [0.29, 0.717) is 0 Å². The highest BCUT2D eigenvalue weighted by Gasteiger charge is 2.12. The SMILES string of the molecule is COCOP(C)(=O)OC. The predicted octanol–water partition coefficient (Wildman–Crippen LogP) is 1.08. The van der Waals surface area contributed by atoms with Crippen molar-refractivity contribution in [2.75, 3.05) is 27.7 Å². The third-order valence-electron chi connectivity index (χ3n) is 0.737. The van der Waals surface area contributed by atoms with Gasteiger partial charge in [0, 0.05) is 20.9 Å². The lowest BCUT2D eigenvalue weighted by Crippen LogP contribution is -1.94. The molecule has 0 aliphatic rings. The molecule has 1 atom stereocenters. The molecule has 9 heavy (non-hydrogen) atoms. The molecule has 5 heteroatoms. The third kappa shape index (κ3) is 4.60. The molecule has 0 rings (SSSR count). The number of ether oxygens (including phenoxy) is 1. The Morgan fingerprint density at radius 3 is 2.33 bits per heavy atom. The highest BCUT2D eigenvalue weighted by atomic mass is 31.2. The minimum atomic E-state index is -2.81. The van der Waals surface area contributed by atoms with E-state index in [0.717, 1.165) is 0 Å². The van der Waals surface area contributed by atoms with Gasteiger partial charge in [-0.05, 0) is 0 Å². The average Bonchev–Trinajstić information content (AvgIpc) is 1.84. The Balaban J connectivity index is 3.46. The topological polar surface area (TPSA) is 44.8 Å². The molecule has 0 aliphatic carbocycles. The second-order valence-electron chi connectivity index (χ2n) is 1.49. The van der Waals surface area contributed by atoms with Crippen LogP contribution in [-0.4, -0.2) is 27.7 Å². The minimum absolute atomic E-state index is 0.00160. The van der Waals surface area contributed by atoms with E-state index >= 15 is 0 Å². The zero-order valence-corrected chi connectivity index (χ0v) is 6.68. The molecule has 0 amide bonds. The summed E-state index contributed by atoms with van der Waals surface area (Å²) in [6.07, 6.45) is 0. The summed E-state index contributed by atoms with van der Waals surface area (Å²) in [5.74, 6) is 0. The normalized spacial score (nSPS) is 17.2. The van der Waals surface area contributed by atoms with Gasteiger partial charge in [-0.15, -0.1) is 0 Å². The van der Waals surface area contributed by atoms with Crippen LogP contribution in [0, 0.1) is 0 Å².